The lowest BCUT2D eigenvalue weighted by Crippen LogP contribution is -2.47. The normalized spacial score (nSPS) is 30.1. The quantitative estimate of drug-likeness (QED) is 0.575. The Morgan fingerprint density at radius 1 is 1.35 bits per heavy atom. The molecule has 0 aliphatic carbocycles. The molecule has 3 atom stereocenters. The van der Waals surface area contributed by atoms with E-state index in [1.165, 1.54) is 19.3 Å². The molecule has 3 unspecified atom stereocenters. The fraction of sp³-hybridized carbons (Fsp3) is 0.938. The van der Waals surface area contributed by atoms with Gasteiger partial charge in [-0.2, -0.15) is 0 Å². The van der Waals surface area contributed by atoms with Gasteiger partial charge in [0.15, 0.2) is 15.8 Å². The fourth-order valence-corrected chi connectivity index (χ4v) is 5.20. The molecule has 0 spiro atoms. The molecule has 0 aromatic rings. The molecule has 2 fully saturated rings. The second kappa shape index (κ2) is 8.33. The van der Waals surface area contributed by atoms with Crippen LogP contribution in [0.15, 0.2) is 4.99 Å². The Bertz CT molecular complexity index is 506. The van der Waals surface area contributed by atoms with E-state index in [4.69, 9.17) is 4.99 Å². The van der Waals surface area contributed by atoms with Crippen LogP contribution < -0.4 is 10.6 Å². The summed E-state index contributed by atoms with van der Waals surface area (Å²) in [7, 11) is -2.87. The molecule has 0 bridgehead atoms. The van der Waals surface area contributed by atoms with Gasteiger partial charge in [-0.25, -0.2) is 8.42 Å². The highest BCUT2D eigenvalue weighted by atomic mass is 32.2. The van der Waals surface area contributed by atoms with E-state index in [9.17, 15) is 8.42 Å². The summed E-state index contributed by atoms with van der Waals surface area (Å²) >= 11 is 0. The number of likely N-dealkylation sites (tertiary alicyclic amines) is 1. The molecule has 6 nitrogen and oxygen atoms in total. The first-order valence-corrected chi connectivity index (χ1v) is 10.7. The molecular formula is C16H32N4O2S. The molecule has 23 heavy (non-hydrogen) atoms. The number of piperidine rings is 1. The van der Waals surface area contributed by atoms with Crippen molar-refractivity contribution in [2.24, 2.45) is 4.99 Å². The van der Waals surface area contributed by atoms with E-state index in [0.717, 1.165) is 25.6 Å². The number of aliphatic imine (C=N–C) groups is 1. The monoisotopic (exact) mass is 344 g/mol. The van der Waals surface area contributed by atoms with E-state index in [1.54, 1.807) is 0 Å². The minimum atomic E-state index is -2.87. The van der Waals surface area contributed by atoms with Gasteiger partial charge in [-0.15, -0.1) is 0 Å². The maximum atomic E-state index is 11.6. The van der Waals surface area contributed by atoms with Crippen molar-refractivity contribution in [3.05, 3.63) is 0 Å². The van der Waals surface area contributed by atoms with E-state index in [1.807, 2.05) is 6.92 Å². The second-order valence-electron chi connectivity index (χ2n) is 6.90. The summed E-state index contributed by atoms with van der Waals surface area (Å²) in [6.45, 7) is 9.22. The van der Waals surface area contributed by atoms with Crippen LogP contribution in [-0.4, -0.2) is 68.5 Å². The topological polar surface area (TPSA) is 73.8 Å². The minimum absolute atomic E-state index is 0.0120. The van der Waals surface area contributed by atoms with Gasteiger partial charge in [-0.3, -0.25) is 9.89 Å². The Labute approximate surface area is 141 Å². The number of hydrogen-bond donors (Lipinski definition) is 2. The summed E-state index contributed by atoms with van der Waals surface area (Å²) in [6, 6.07) is 1.03. The number of sulfone groups is 1. The average molecular weight is 345 g/mol. The molecule has 134 valence electrons. The standard InChI is InChI=1S/C16H32N4O2S/c1-4-17-16(19-15-8-10-23(21,22)12-15)18-11-14(3)20-9-6-5-7-13(20)2/h13-15H,4-12H2,1-3H3,(H2,17,18,19). The molecule has 0 aromatic carbocycles. The first-order chi connectivity index (χ1) is 10.9. The first kappa shape index (κ1) is 18.5. The predicted molar refractivity (Wildman–Crippen MR) is 95.7 cm³/mol. The van der Waals surface area contributed by atoms with Crippen LogP contribution >= 0.6 is 0 Å². The molecule has 0 amide bonds. The van der Waals surface area contributed by atoms with Gasteiger partial charge in [-0.1, -0.05) is 6.42 Å². The van der Waals surface area contributed by atoms with Gasteiger partial charge in [0.25, 0.3) is 0 Å². The molecule has 2 heterocycles. The predicted octanol–water partition coefficient (Wildman–Crippen LogP) is 0.992. The summed E-state index contributed by atoms with van der Waals surface area (Å²) in [4.78, 5) is 7.23. The van der Waals surface area contributed by atoms with Crippen LogP contribution in [-0.2, 0) is 9.84 Å². The van der Waals surface area contributed by atoms with Gasteiger partial charge in [0, 0.05) is 24.7 Å². The maximum absolute atomic E-state index is 11.6. The number of guanidine groups is 1. The SMILES string of the molecule is CCNC(=NCC(C)N1CCCCC1C)NC1CCS(=O)(=O)C1. The van der Waals surface area contributed by atoms with Crippen LogP contribution in [0.1, 0.15) is 46.5 Å². The molecule has 2 aliphatic rings. The van der Waals surface area contributed by atoms with Crippen molar-refractivity contribution in [1.29, 1.82) is 0 Å². The van der Waals surface area contributed by atoms with Gasteiger partial charge < -0.3 is 10.6 Å². The molecule has 2 aliphatic heterocycles. The molecule has 2 saturated heterocycles. The molecule has 2 rings (SSSR count). The Kier molecular flexibility index (Phi) is 6.71. The lowest BCUT2D eigenvalue weighted by molar-refractivity contribution is 0.118. The molecular weight excluding hydrogens is 312 g/mol. The van der Waals surface area contributed by atoms with Gasteiger partial charge in [0.2, 0.25) is 0 Å². The van der Waals surface area contributed by atoms with Crippen molar-refractivity contribution in [2.75, 3.05) is 31.1 Å². The Hall–Kier alpha value is -0.820. The lowest BCUT2D eigenvalue weighted by atomic mass is 10.0. The van der Waals surface area contributed by atoms with Gasteiger partial charge in [-0.05, 0) is 46.6 Å². The van der Waals surface area contributed by atoms with Crippen LogP contribution in [0.5, 0.6) is 0 Å². The summed E-state index contributed by atoms with van der Waals surface area (Å²) in [5.41, 5.74) is 0. The van der Waals surface area contributed by atoms with Crippen molar-refractivity contribution in [3.8, 4) is 0 Å². The third-order valence-electron chi connectivity index (χ3n) is 4.85. The number of nitrogens with one attached hydrogen (secondary N) is 2. The summed E-state index contributed by atoms with van der Waals surface area (Å²) in [5.74, 6) is 1.24. The third kappa shape index (κ3) is 5.64. The molecule has 2 N–H and O–H groups in total. The van der Waals surface area contributed by atoms with E-state index in [-0.39, 0.29) is 17.5 Å². The highest BCUT2D eigenvalue weighted by molar-refractivity contribution is 7.91. The Balaban J connectivity index is 1.90. The number of rotatable bonds is 5. The molecule has 0 radical (unpaired) electrons. The average Bonchev–Trinajstić information content (AvgIpc) is 2.84. The van der Waals surface area contributed by atoms with Crippen LogP contribution in [0, 0.1) is 0 Å². The van der Waals surface area contributed by atoms with Gasteiger partial charge >= 0.3 is 0 Å². The maximum Gasteiger partial charge on any atom is 0.191 e. The van der Waals surface area contributed by atoms with Gasteiger partial charge in [0.1, 0.15) is 0 Å². The van der Waals surface area contributed by atoms with Crippen molar-refractivity contribution in [1.82, 2.24) is 15.5 Å². The number of hydrogen-bond acceptors (Lipinski definition) is 4. The van der Waals surface area contributed by atoms with E-state index in [2.05, 4.69) is 29.4 Å². The smallest absolute Gasteiger partial charge is 0.191 e. The van der Waals surface area contributed by atoms with E-state index in [0.29, 0.717) is 18.5 Å². The van der Waals surface area contributed by atoms with Crippen LogP contribution in [0.3, 0.4) is 0 Å². The number of nitrogens with zero attached hydrogens (tertiary/aromatic N) is 2. The molecule has 7 heteroatoms. The van der Waals surface area contributed by atoms with Crippen molar-refractivity contribution >= 4 is 15.8 Å². The summed E-state index contributed by atoms with van der Waals surface area (Å²) in [5, 5.41) is 6.52. The second-order valence-corrected chi connectivity index (χ2v) is 9.12. The third-order valence-corrected chi connectivity index (χ3v) is 6.62. The van der Waals surface area contributed by atoms with Crippen LogP contribution in [0.2, 0.25) is 0 Å². The van der Waals surface area contributed by atoms with Gasteiger partial charge in [0.05, 0.1) is 18.1 Å². The van der Waals surface area contributed by atoms with E-state index < -0.39 is 9.84 Å². The lowest BCUT2D eigenvalue weighted by Gasteiger charge is -2.37. The van der Waals surface area contributed by atoms with Crippen LogP contribution in [0.4, 0.5) is 0 Å². The first-order valence-electron chi connectivity index (χ1n) is 8.92. The van der Waals surface area contributed by atoms with Crippen molar-refractivity contribution < 1.29 is 8.42 Å². The van der Waals surface area contributed by atoms with E-state index >= 15 is 0 Å². The highest BCUT2D eigenvalue weighted by Crippen LogP contribution is 2.19. The minimum Gasteiger partial charge on any atom is -0.357 e. The zero-order chi connectivity index (χ0) is 16.9. The Morgan fingerprint density at radius 3 is 2.74 bits per heavy atom. The fourth-order valence-electron chi connectivity index (χ4n) is 3.53. The molecule has 0 aromatic heterocycles. The van der Waals surface area contributed by atoms with Crippen molar-refractivity contribution in [3.63, 3.8) is 0 Å². The molecule has 0 saturated carbocycles. The highest BCUT2D eigenvalue weighted by Gasteiger charge is 2.28. The summed E-state index contributed by atoms with van der Waals surface area (Å²) in [6.07, 6.45) is 4.54. The van der Waals surface area contributed by atoms with Crippen molar-refractivity contribution in [2.45, 2.75) is 64.6 Å². The summed E-state index contributed by atoms with van der Waals surface area (Å²) < 4.78 is 23.2. The Morgan fingerprint density at radius 2 is 2.13 bits per heavy atom. The largest absolute Gasteiger partial charge is 0.357 e. The zero-order valence-corrected chi connectivity index (χ0v) is 15.5. The zero-order valence-electron chi connectivity index (χ0n) is 14.7. The van der Waals surface area contributed by atoms with Crippen LogP contribution in [0.25, 0.3) is 0 Å².